The molecule has 0 aliphatic heterocycles. The van der Waals surface area contributed by atoms with Gasteiger partial charge in [-0.05, 0) is 51.0 Å². The monoisotopic (exact) mass is 427 g/mol. The highest BCUT2D eigenvalue weighted by Crippen LogP contribution is 2.38. The number of carbonyl (C=O) groups is 1. The lowest BCUT2D eigenvalue weighted by Crippen LogP contribution is -2.23. The van der Waals surface area contributed by atoms with Gasteiger partial charge in [-0.15, -0.1) is 6.58 Å². The quantitative estimate of drug-likeness (QED) is 0.231. The lowest BCUT2D eigenvalue weighted by molar-refractivity contribution is 0.102. The molecular weight excluding hydrogens is 406 g/mol. The molecule has 2 heterocycles. The van der Waals surface area contributed by atoms with Crippen molar-refractivity contribution in [2.75, 3.05) is 5.75 Å². The Balaban J connectivity index is 1.64. The zero-order valence-corrected chi connectivity index (χ0v) is 18.0. The van der Waals surface area contributed by atoms with Gasteiger partial charge in [0.1, 0.15) is 0 Å². The number of allylic oxidation sites excluding steroid dienone is 1. The number of Topliss-reactive ketones (excluding diaryl/α,β-unsaturated/α-hetero) is 1. The van der Waals surface area contributed by atoms with Crippen LogP contribution in [0.25, 0.3) is 10.9 Å². The van der Waals surface area contributed by atoms with Crippen LogP contribution in [0.2, 0.25) is 5.02 Å². The van der Waals surface area contributed by atoms with Gasteiger partial charge in [-0.2, -0.15) is 0 Å². The second-order valence-electron chi connectivity index (χ2n) is 7.36. The molecule has 4 rings (SSSR count). The molecule has 0 atom stereocenters. The van der Waals surface area contributed by atoms with Crippen LogP contribution >= 0.6 is 23.4 Å². The van der Waals surface area contributed by atoms with Crippen LogP contribution in [0, 0.1) is 13.8 Å². The van der Waals surface area contributed by atoms with E-state index in [0.717, 1.165) is 17.0 Å². The van der Waals surface area contributed by atoms with E-state index in [0.29, 0.717) is 33.7 Å². The molecule has 0 spiro atoms. The number of rotatable bonds is 7. The third kappa shape index (κ3) is 3.79. The van der Waals surface area contributed by atoms with E-state index in [9.17, 15) is 9.59 Å². The number of carbonyl (C=O) groups excluding carboxylic acids is 1. The number of nitrogens with zero attached hydrogens (tertiary/aromatic N) is 3. The van der Waals surface area contributed by atoms with E-state index in [4.69, 9.17) is 11.6 Å². The first-order chi connectivity index (χ1) is 13.9. The summed E-state index contributed by atoms with van der Waals surface area (Å²) >= 11 is 7.32. The molecule has 2 aromatic heterocycles. The minimum Gasteiger partial charge on any atom is -0.345 e. The Morgan fingerprint density at radius 1 is 1.34 bits per heavy atom. The molecule has 5 nitrogen and oxygen atoms in total. The van der Waals surface area contributed by atoms with Crippen LogP contribution in [0.1, 0.15) is 40.6 Å². The predicted octanol–water partition coefficient (Wildman–Crippen LogP) is 4.96. The van der Waals surface area contributed by atoms with Crippen molar-refractivity contribution in [3.63, 3.8) is 0 Å². The number of hydrogen-bond acceptors (Lipinski definition) is 4. The number of benzene rings is 1. The van der Waals surface area contributed by atoms with E-state index < -0.39 is 0 Å². The van der Waals surface area contributed by atoms with Gasteiger partial charge in [0.25, 0.3) is 5.56 Å². The number of hydrogen-bond donors (Lipinski definition) is 0. The van der Waals surface area contributed by atoms with Crippen molar-refractivity contribution in [2.45, 2.75) is 44.4 Å². The van der Waals surface area contributed by atoms with Crippen LogP contribution in [0.5, 0.6) is 0 Å². The van der Waals surface area contributed by atoms with Crippen molar-refractivity contribution in [2.24, 2.45) is 0 Å². The molecular formula is C22H22ClN3O2S. The Morgan fingerprint density at radius 2 is 2.10 bits per heavy atom. The van der Waals surface area contributed by atoms with Crippen LogP contribution in [0.3, 0.4) is 0 Å². The Bertz CT molecular complexity index is 1190. The van der Waals surface area contributed by atoms with Crippen LogP contribution in [0.4, 0.5) is 0 Å². The van der Waals surface area contributed by atoms with Crippen molar-refractivity contribution in [1.29, 1.82) is 0 Å². The first kappa shape index (κ1) is 20.0. The fourth-order valence-corrected chi connectivity index (χ4v) is 4.80. The van der Waals surface area contributed by atoms with E-state index in [2.05, 4.69) is 16.1 Å². The second-order valence-corrected chi connectivity index (χ2v) is 8.74. The fraction of sp³-hybridized carbons (Fsp3) is 0.318. The van der Waals surface area contributed by atoms with Crippen molar-refractivity contribution in [3.8, 4) is 0 Å². The summed E-state index contributed by atoms with van der Waals surface area (Å²) in [6.45, 7) is 8.11. The summed E-state index contributed by atoms with van der Waals surface area (Å²) in [6.07, 6.45) is 4.00. The SMILES string of the molecule is C=CCn1c(SCC(=O)c2cc(C)n(C3CC3)c2C)nc2ccc(Cl)cc2c1=O. The fourth-order valence-electron chi connectivity index (χ4n) is 3.73. The van der Waals surface area contributed by atoms with Crippen LogP contribution < -0.4 is 5.56 Å². The van der Waals surface area contributed by atoms with Crippen molar-refractivity contribution >= 4 is 40.0 Å². The minimum absolute atomic E-state index is 0.0469. The van der Waals surface area contributed by atoms with Crippen LogP contribution in [0.15, 0.2) is 46.9 Å². The highest BCUT2D eigenvalue weighted by atomic mass is 35.5. The minimum atomic E-state index is -0.181. The Hall–Kier alpha value is -2.31. The summed E-state index contributed by atoms with van der Waals surface area (Å²) in [4.78, 5) is 30.4. The topological polar surface area (TPSA) is 56.9 Å². The summed E-state index contributed by atoms with van der Waals surface area (Å²) in [5, 5.41) is 1.46. The van der Waals surface area contributed by atoms with E-state index in [-0.39, 0.29) is 17.1 Å². The molecule has 7 heteroatoms. The number of aromatic nitrogens is 3. The van der Waals surface area contributed by atoms with Gasteiger partial charge in [-0.1, -0.05) is 29.4 Å². The largest absolute Gasteiger partial charge is 0.345 e. The Kier molecular flexibility index (Phi) is 5.40. The maximum atomic E-state index is 12.9. The van der Waals surface area contributed by atoms with Crippen LogP contribution in [-0.2, 0) is 6.54 Å². The van der Waals surface area contributed by atoms with Gasteiger partial charge in [0.15, 0.2) is 10.9 Å². The van der Waals surface area contributed by atoms with Gasteiger partial charge in [-0.3, -0.25) is 14.2 Å². The Labute approximate surface area is 178 Å². The first-order valence-electron chi connectivity index (χ1n) is 9.56. The summed E-state index contributed by atoms with van der Waals surface area (Å²) in [6, 6.07) is 7.57. The molecule has 0 saturated heterocycles. The third-order valence-corrected chi connectivity index (χ3v) is 6.43. The molecule has 1 saturated carbocycles. The smallest absolute Gasteiger partial charge is 0.262 e. The summed E-state index contributed by atoms with van der Waals surface area (Å²) in [5.41, 5.74) is 3.30. The normalized spacial score (nSPS) is 13.8. The molecule has 0 radical (unpaired) electrons. The van der Waals surface area contributed by atoms with Crippen LogP contribution in [-0.4, -0.2) is 25.7 Å². The zero-order valence-electron chi connectivity index (χ0n) is 16.4. The lowest BCUT2D eigenvalue weighted by Gasteiger charge is -2.11. The molecule has 0 unspecified atom stereocenters. The number of aryl methyl sites for hydroxylation is 1. The molecule has 0 amide bonds. The van der Waals surface area contributed by atoms with Crippen molar-refractivity contribution in [3.05, 3.63) is 69.2 Å². The van der Waals surface area contributed by atoms with Gasteiger partial charge < -0.3 is 4.57 Å². The van der Waals surface area contributed by atoms with Gasteiger partial charge in [0.2, 0.25) is 0 Å². The number of halogens is 1. The average molecular weight is 428 g/mol. The highest BCUT2D eigenvalue weighted by molar-refractivity contribution is 7.99. The number of thioether (sulfide) groups is 1. The Morgan fingerprint density at radius 3 is 2.79 bits per heavy atom. The molecule has 1 aliphatic rings. The van der Waals surface area contributed by atoms with E-state index >= 15 is 0 Å². The van der Waals surface area contributed by atoms with Gasteiger partial charge in [0.05, 0.1) is 16.7 Å². The van der Waals surface area contributed by atoms with Gasteiger partial charge >= 0.3 is 0 Å². The van der Waals surface area contributed by atoms with Gasteiger partial charge in [0, 0.05) is 34.6 Å². The standard InChI is InChI=1S/C22H22ClN3O2S/c1-4-9-25-21(28)18-11-15(23)5-8-19(18)24-22(25)29-12-20(27)17-10-13(2)26(14(17)3)16-6-7-16/h4-5,8,10-11,16H,1,6-7,9,12H2,2-3H3. The number of ketones is 1. The number of fused-ring (bicyclic) bond motifs is 1. The molecule has 150 valence electrons. The molecule has 0 bridgehead atoms. The molecule has 29 heavy (non-hydrogen) atoms. The molecule has 3 aromatic rings. The highest BCUT2D eigenvalue weighted by Gasteiger charge is 2.28. The summed E-state index contributed by atoms with van der Waals surface area (Å²) < 4.78 is 3.81. The summed E-state index contributed by atoms with van der Waals surface area (Å²) in [7, 11) is 0. The average Bonchev–Trinajstić information content (AvgIpc) is 3.47. The zero-order chi connectivity index (χ0) is 20.7. The molecule has 1 aromatic carbocycles. The second kappa shape index (κ2) is 7.84. The molecule has 1 fully saturated rings. The predicted molar refractivity (Wildman–Crippen MR) is 118 cm³/mol. The maximum Gasteiger partial charge on any atom is 0.262 e. The van der Waals surface area contributed by atoms with Crippen molar-refractivity contribution < 1.29 is 4.79 Å². The van der Waals surface area contributed by atoms with Gasteiger partial charge in [-0.25, -0.2) is 4.98 Å². The first-order valence-corrected chi connectivity index (χ1v) is 10.9. The molecule has 1 aliphatic carbocycles. The van der Waals surface area contributed by atoms with Crippen molar-refractivity contribution in [1.82, 2.24) is 14.1 Å². The third-order valence-electron chi connectivity index (χ3n) is 5.22. The lowest BCUT2D eigenvalue weighted by atomic mass is 10.2. The molecule has 0 N–H and O–H groups in total. The van der Waals surface area contributed by atoms with E-state index in [1.54, 1.807) is 24.3 Å². The summed E-state index contributed by atoms with van der Waals surface area (Å²) in [5.74, 6) is 0.267. The van der Waals surface area contributed by atoms with E-state index in [1.165, 1.54) is 29.2 Å². The van der Waals surface area contributed by atoms with E-state index in [1.807, 2.05) is 19.9 Å². The maximum absolute atomic E-state index is 12.9.